The standard InChI is InChI=1S/C21H23N5O4S/c1-25-15-18(14-24-25)20-7-2-16(12-22-20)13-23-21(27)17-3-5-19(6-4-17)31(28,29)26-8-10-30-11-9-26/h2-7,12,14-15H,8-11,13H2,1H3,(H,23,27). The van der Waals surface area contributed by atoms with E-state index in [1.165, 1.54) is 28.6 Å². The lowest BCUT2D eigenvalue weighted by molar-refractivity contribution is 0.0730. The Balaban J connectivity index is 1.36. The Morgan fingerprint density at radius 3 is 2.45 bits per heavy atom. The summed E-state index contributed by atoms with van der Waals surface area (Å²) in [7, 11) is -1.73. The Labute approximate surface area is 180 Å². The van der Waals surface area contributed by atoms with Crippen molar-refractivity contribution in [3.05, 3.63) is 66.1 Å². The summed E-state index contributed by atoms with van der Waals surface area (Å²) >= 11 is 0. The highest BCUT2D eigenvalue weighted by Crippen LogP contribution is 2.18. The summed E-state index contributed by atoms with van der Waals surface area (Å²) in [6.45, 7) is 1.75. The van der Waals surface area contributed by atoms with Crippen LogP contribution in [0.5, 0.6) is 0 Å². The van der Waals surface area contributed by atoms with Crippen LogP contribution < -0.4 is 5.32 Å². The van der Waals surface area contributed by atoms with Crippen LogP contribution >= 0.6 is 0 Å². The Kier molecular flexibility index (Phi) is 6.12. The first-order valence-corrected chi connectivity index (χ1v) is 11.3. The van der Waals surface area contributed by atoms with Gasteiger partial charge in [-0.15, -0.1) is 0 Å². The van der Waals surface area contributed by atoms with E-state index in [0.717, 1.165) is 16.8 Å². The number of aryl methyl sites for hydroxylation is 1. The molecule has 2 aromatic heterocycles. The van der Waals surface area contributed by atoms with E-state index in [1.54, 1.807) is 17.1 Å². The molecule has 0 aliphatic carbocycles. The minimum atomic E-state index is -3.58. The summed E-state index contributed by atoms with van der Waals surface area (Å²) in [6, 6.07) is 9.74. The average molecular weight is 442 g/mol. The van der Waals surface area contributed by atoms with Crippen molar-refractivity contribution in [1.82, 2.24) is 24.4 Å². The van der Waals surface area contributed by atoms with Crippen molar-refractivity contribution in [2.75, 3.05) is 26.3 Å². The normalized spacial score (nSPS) is 15.0. The third-order valence-electron chi connectivity index (χ3n) is 5.00. The molecule has 0 radical (unpaired) electrons. The van der Waals surface area contributed by atoms with Crippen LogP contribution in [0.4, 0.5) is 0 Å². The highest BCUT2D eigenvalue weighted by Gasteiger charge is 2.26. The van der Waals surface area contributed by atoms with Gasteiger partial charge in [0, 0.05) is 50.2 Å². The molecule has 0 saturated carbocycles. The van der Waals surface area contributed by atoms with E-state index < -0.39 is 10.0 Å². The summed E-state index contributed by atoms with van der Waals surface area (Å²) in [5, 5.41) is 6.96. The molecule has 1 aliphatic rings. The van der Waals surface area contributed by atoms with Crippen LogP contribution in [0.3, 0.4) is 0 Å². The molecule has 10 heteroatoms. The number of ether oxygens (including phenoxy) is 1. The molecule has 1 aliphatic heterocycles. The van der Waals surface area contributed by atoms with E-state index >= 15 is 0 Å². The van der Waals surface area contributed by atoms with Gasteiger partial charge in [-0.2, -0.15) is 9.40 Å². The molecule has 0 unspecified atom stereocenters. The van der Waals surface area contributed by atoms with Crippen molar-refractivity contribution in [1.29, 1.82) is 0 Å². The molecule has 3 aromatic rings. The summed E-state index contributed by atoms with van der Waals surface area (Å²) in [4.78, 5) is 17.0. The highest BCUT2D eigenvalue weighted by atomic mass is 32.2. The number of nitrogens with one attached hydrogen (secondary N) is 1. The number of carbonyl (C=O) groups is 1. The van der Waals surface area contributed by atoms with Crippen molar-refractivity contribution in [2.24, 2.45) is 7.05 Å². The van der Waals surface area contributed by atoms with E-state index in [1.807, 2.05) is 25.4 Å². The predicted molar refractivity (Wildman–Crippen MR) is 114 cm³/mol. The van der Waals surface area contributed by atoms with Crippen LogP contribution in [-0.2, 0) is 28.4 Å². The van der Waals surface area contributed by atoms with Gasteiger partial charge in [-0.1, -0.05) is 6.07 Å². The molecule has 1 aromatic carbocycles. The SMILES string of the molecule is Cn1cc(-c2ccc(CNC(=O)c3ccc(S(=O)(=O)N4CCOCC4)cc3)cn2)cn1. The topological polar surface area (TPSA) is 106 Å². The monoisotopic (exact) mass is 441 g/mol. The molecule has 162 valence electrons. The minimum absolute atomic E-state index is 0.168. The molecule has 1 fully saturated rings. The van der Waals surface area contributed by atoms with Crippen molar-refractivity contribution in [2.45, 2.75) is 11.4 Å². The van der Waals surface area contributed by atoms with Crippen molar-refractivity contribution < 1.29 is 17.9 Å². The van der Waals surface area contributed by atoms with E-state index in [9.17, 15) is 13.2 Å². The van der Waals surface area contributed by atoms with Crippen molar-refractivity contribution in [3.63, 3.8) is 0 Å². The quantitative estimate of drug-likeness (QED) is 0.620. The lowest BCUT2D eigenvalue weighted by atomic mass is 10.2. The maximum atomic E-state index is 12.7. The molecule has 1 N–H and O–H groups in total. The zero-order chi connectivity index (χ0) is 21.8. The molecule has 4 rings (SSSR count). The van der Waals surface area contributed by atoms with E-state index in [4.69, 9.17) is 4.74 Å². The van der Waals surface area contributed by atoms with Crippen LogP contribution in [0.15, 0.2) is 59.9 Å². The smallest absolute Gasteiger partial charge is 0.251 e. The fraction of sp³-hybridized carbons (Fsp3) is 0.286. The Bertz CT molecular complexity index is 1150. The molecule has 1 saturated heterocycles. The van der Waals surface area contributed by atoms with Gasteiger partial charge in [0.25, 0.3) is 5.91 Å². The van der Waals surface area contributed by atoms with Gasteiger partial charge in [0.05, 0.1) is 30.0 Å². The zero-order valence-corrected chi connectivity index (χ0v) is 17.9. The number of aromatic nitrogens is 3. The molecule has 3 heterocycles. The van der Waals surface area contributed by atoms with Crippen LogP contribution in [0.1, 0.15) is 15.9 Å². The number of pyridine rings is 1. The highest BCUT2D eigenvalue weighted by molar-refractivity contribution is 7.89. The molecule has 0 bridgehead atoms. The number of nitrogens with zero attached hydrogens (tertiary/aromatic N) is 4. The molecular weight excluding hydrogens is 418 g/mol. The van der Waals surface area contributed by atoms with Gasteiger partial charge in [0.15, 0.2) is 0 Å². The molecular formula is C21H23N5O4S. The first-order valence-electron chi connectivity index (χ1n) is 9.83. The van der Waals surface area contributed by atoms with Gasteiger partial charge in [-0.25, -0.2) is 8.42 Å². The number of carbonyl (C=O) groups excluding carboxylic acids is 1. The fourth-order valence-corrected chi connectivity index (χ4v) is 4.66. The predicted octanol–water partition coefficient (Wildman–Crippen LogP) is 1.43. The average Bonchev–Trinajstić information content (AvgIpc) is 3.25. The Morgan fingerprint density at radius 1 is 1.10 bits per heavy atom. The van der Waals surface area contributed by atoms with Gasteiger partial charge in [0.2, 0.25) is 10.0 Å². The van der Waals surface area contributed by atoms with Gasteiger partial charge >= 0.3 is 0 Å². The Morgan fingerprint density at radius 2 is 1.84 bits per heavy atom. The number of hydrogen-bond acceptors (Lipinski definition) is 6. The van der Waals surface area contributed by atoms with E-state index in [2.05, 4.69) is 15.4 Å². The summed E-state index contributed by atoms with van der Waals surface area (Å²) < 4.78 is 33.7. The van der Waals surface area contributed by atoms with Gasteiger partial charge < -0.3 is 10.1 Å². The maximum absolute atomic E-state index is 12.7. The van der Waals surface area contributed by atoms with Crippen LogP contribution in [0.25, 0.3) is 11.3 Å². The van der Waals surface area contributed by atoms with Crippen LogP contribution in [-0.4, -0.2) is 59.7 Å². The third-order valence-corrected chi connectivity index (χ3v) is 6.92. The molecule has 0 spiro atoms. The number of benzene rings is 1. The van der Waals surface area contributed by atoms with Gasteiger partial charge in [-0.3, -0.25) is 14.5 Å². The first kappa shape index (κ1) is 21.2. The number of morpholine rings is 1. The summed E-state index contributed by atoms with van der Waals surface area (Å²) in [5.74, 6) is -0.286. The van der Waals surface area contributed by atoms with Crippen LogP contribution in [0.2, 0.25) is 0 Å². The third kappa shape index (κ3) is 4.82. The number of amides is 1. The lowest BCUT2D eigenvalue weighted by Crippen LogP contribution is -2.40. The van der Waals surface area contributed by atoms with Crippen molar-refractivity contribution >= 4 is 15.9 Å². The van der Waals surface area contributed by atoms with E-state index in [-0.39, 0.29) is 10.8 Å². The van der Waals surface area contributed by atoms with Crippen LogP contribution in [0, 0.1) is 0 Å². The molecule has 31 heavy (non-hydrogen) atoms. The second-order valence-electron chi connectivity index (χ2n) is 7.18. The maximum Gasteiger partial charge on any atom is 0.251 e. The van der Waals surface area contributed by atoms with E-state index in [0.29, 0.717) is 38.4 Å². The minimum Gasteiger partial charge on any atom is -0.379 e. The lowest BCUT2D eigenvalue weighted by Gasteiger charge is -2.26. The molecule has 1 amide bonds. The summed E-state index contributed by atoms with van der Waals surface area (Å²) in [5.41, 5.74) is 2.97. The summed E-state index contributed by atoms with van der Waals surface area (Å²) in [6.07, 6.45) is 5.33. The fourth-order valence-electron chi connectivity index (χ4n) is 3.25. The molecule has 9 nitrogen and oxygen atoms in total. The largest absolute Gasteiger partial charge is 0.379 e. The van der Waals surface area contributed by atoms with Gasteiger partial charge in [-0.05, 0) is 35.9 Å². The second kappa shape index (κ2) is 8.96. The Hall–Kier alpha value is -3.08. The molecule has 0 atom stereocenters. The number of rotatable bonds is 6. The van der Waals surface area contributed by atoms with Gasteiger partial charge in [0.1, 0.15) is 0 Å². The second-order valence-corrected chi connectivity index (χ2v) is 9.12. The number of hydrogen-bond donors (Lipinski definition) is 1. The zero-order valence-electron chi connectivity index (χ0n) is 17.1. The van der Waals surface area contributed by atoms with Crippen molar-refractivity contribution in [3.8, 4) is 11.3 Å². The number of sulfonamides is 1. The first-order chi connectivity index (χ1) is 14.9.